The number of hydrogen-bond donors (Lipinski definition) is 1. The van der Waals surface area contributed by atoms with Crippen LogP contribution in [0.5, 0.6) is 0 Å². The average Bonchev–Trinajstić information content (AvgIpc) is 3.12. The molecule has 7 nitrogen and oxygen atoms in total. The summed E-state index contributed by atoms with van der Waals surface area (Å²) in [7, 11) is 1.97. The molecule has 2 aliphatic rings. The van der Waals surface area contributed by atoms with Crippen molar-refractivity contribution in [2.45, 2.75) is 38.8 Å². The van der Waals surface area contributed by atoms with Gasteiger partial charge in [-0.25, -0.2) is 4.98 Å². The molecule has 1 aliphatic carbocycles. The van der Waals surface area contributed by atoms with Crippen molar-refractivity contribution in [1.82, 2.24) is 30.0 Å². The van der Waals surface area contributed by atoms with E-state index >= 15 is 0 Å². The van der Waals surface area contributed by atoms with Gasteiger partial charge in [-0.1, -0.05) is 0 Å². The molecule has 25 heavy (non-hydrogen) atoms. The van der Waals surface area contributed by atoms with Gasteiger partial charge in [-0.3, -0.25) is 19.4 Å². The summed E-state index contributed by atoms with van der Waals surface area (Å²) < 4.78 is 1.89. The zero-order chi connectivity index (χ0) is 17.4. The number of aromatic nitrogens is 4. The van der Waals surface area contributed by atoms with Gasteiger partial charge >= 0.3 is 0 Å². The Labute approximate surface area is 147 Å². The SMILES string of the molecule is Cc1nn(C)cc1CN1CCC2(CC(NC(=O)c3cnccn3)C2)C1. The van der Waals surface area contributed by atoms with Crippen molar-refractivity contribution in [3.63, 3.8) is 0 Å². The summed E-state index contributed by atoms with van der Waals surface area (Å²) in [6.45, 7) is 5.28. The molecule has 1 saturated heterocycles. The number of amides is 1. The fourth-order valence-electron chi connectivity index (χ4n) is 4.30. The molecule has 0 bridgehead atoms. The number of hydrogen-bond acceptors (Lipinski definition) is 5. The maximum absolute atomic E-state index is 12.2. The highest BCUT2D eigenvalue weighted by molar-refractivity contribution is 5.92. The van der Waals surface area contributed by atoms with Gasteiger partial charge in [-0.15, -0.1) is 0 Å². The Hall–Kier alpha value is -2.28. The van der Waals surface area contributed by atoms with E-state index < -0.39 is 0 Å². The van der Waals surface area contributed by atoms with Gasteiger partial charge in [0.25, 0.3) is 5.91 Å². The first-order chi connectivity index (χ1) is 12.0. The predicted molar refractivity (Wildman–Crippen MR) is 92.8 cm³/mol. The lowest BCUT2D eigenvalue weighted by Gasteiger charge is -2.45. The molecule has 0 aromatic carbocycles. The maximum atomic E-state index is 12.2. The van der Waals surface area contributed by atoms with E-state index in [-0.39, 0.29) is 11.9 Å². The molecule has 7 heteroatoms. The molecule has 4 rings (SSSR count). The lowest BCUT2D eigenvalue weighted by Crippen LogP contribution is -2.52. The van der Waals surface area contributed by atoms with Gasteiger partial charge in [0, 0.05) is 50.3 Å². The fraction of sp³-hybridized carbons (Fsp3) is 0.556. The van der Waals surface area contributed by atoms with Crippen LogP contribution in [0.1, 0.15) is 41.0 Å². The monoisotopic (exact) mass is 340 g/mol. The van der Waals surface area contributed by atoms with Gasteiger partial charge in [0.05, 0.1) is 11.9 Å². The summed E-state index contributed by atoms with van der Waals surface area (Å²) >= 11 is 0. The Morgan fingerprint density at radius 2 is 2.24 bits per heavy atom. The van der Waals surface area contributed by atoms with Gasteiger partial charge < -0.3 is 5.32 Å². The van der Waals surface area contributed by atoms with E-state index in [1.807, 2.05) is 11.7 Å². The van der Waals surface area contributed by atoms with Crippen molar-refractivity contribution >= 4 is 5.91 Å². The average molecular weight is 340 g/mol. The van der Waals surface area contributed by atoms with E-state index in [1.165, 1.54) is 18.2 Å². The predicted octanol–water partition coefficient (Wildman–Crippen LogP) is 1.30. The van der Waals surface area contributed by atoms with Crippen molar-refractivity contribution in [3.8, 4) is 0 Å². The number of nitrogens with zero attached hydrogens (tertiary/aromatic N) is 5. The largest absolute Gasteiger partial charge is 0.348 e. The zero-order valence-electron chi connectivity index (χ0n) is 14.8. The van der Waals surface area contributed by atoms with Crippen molar-refractivity contribution in [1.29, 1.82) is 0 Å². The van der Waals surface area contributed by atoms with Gasteiger partial charge in [-0.2, -0.15) is 5.10 Å². The molecule has 2 fully saturated rings. The summed E-state index contributed by atoms with van der Waals surface area (Å²) in [6, 6.07) is 0.259. The van der Waals surface area contributed by atoms with Crippen LogP contribution < -0.4 is 5.32 Å². The highest BCUT2D eigenvalue weighted by Crippen LogP contribution is 2.48. The Morgan fingerprint density at radius 3 is 2.92 bits per heavy atom. The molecule has 1 N–H and O–H groups in total. The molecule has 132 valence electrons. The minimum atomic E-state index is -0.117. The molecule has 1 saturated carbocycles. The van der Waals surface area contributed by atoms with Crippen LogP contribution in [-0.4, -0.2) is 49.7 Å². The normalized spacial score (nSPS) is 25.9. The second kappa shape index (κ2) is 6.22. The first-order valence-electron chi connectivity index (χ1n) is 8.81. The molecule has 0 unspecified atom stereocenters. The molecular weight excluding hydrogens is 316 g/mol. The van der Waals surface area contributed by atoms with Crippen LogP contribution >= 0.6 is 0 Å². The quantitative estimate of drug-likeness (QED) is 0.908. The smallest absolute Gasteiger partial charge is 0.271 e. The van der Waals surface area contributed by atoms with E-state index in [2.05, 4.69) is 38.4 Å². The lowest BCUT2D eigenvalue weighted by molar-refractivity contribution is 0.0690. The Balaban J connectivity index is 1.29. The molecule has 1 amide bonds. The van der Waals surface area contributed by atoms with E-state index in [0.29, 0.717) is 11.1 Å². The van der Waals surface area contributed by atoms with E-state index in [4.69, 9.17) is 0 Å². The van der Waals surface area contributed by atoms with Crippen molar-refractivity contribution < 1.29 is 4.79 Å². The first-order valence-corrected chi connectivity index (χ1v) is 8.81. The lowest BCUT2D eigenvalue weighted by atomic mass is 9.65. The molecule has 0 radical (unpaired) electrons. The Morgan fingerprint density at radius 1 is 1.40 bits per heavy atom. The van der Waals surface area contributed by atoms with Crippen molar-refractivity contribution in [3.05, 3.63) is 41.7 Å². The van der Waals surface area contributed by atoms with Crippen molar-refractivity contribution in [2.75, 3.05) is 13.1 Å². The minimum Gasteiger partial charge on any atom is -0.348 e. The zero-order valence-corrected chi connectivity index (χ0v) is 14.8. The number of rotatable bonds is 4. The summed E-state index contributed by atoms with van der Waals surface area (Å²) in [5.41, 5.74) is 3.19. The molecule has 2 aromatic heterocycles. The number of aryl methyl sites for hydroxylation is 2. The third-order valence-electron chi connectivity index (χ3n) is 5.52. The second-order valence-corrected chi connectivity index (χ2v) is 7.54. The molecular formula is C18H24N6O. The number of carbonyl (C=O) groups is 1. The number of nitrogens with one attached hydrogen (secondary N) is 1. The molecule has 2 aromatic rings. The molecule has 1 spiro atoms. The van der Waals surface area contributed by atoms with Crippen LogP contribution in [-0.2, 0) is 13.6 Å². The van der Waals surface area contributed by atoms with Crippen LogP contribution in [0, 0.1) is 12.3 Å². The Bertz CT molecular complexity index is 765. The summed E-state index contributed by atoms with van der Waals surface area (Å²) in [5, 5.41) is 7.52. The molecule has 3 heterocycles. The second-order valence-electron chi connectivity index (χ2n) is 7.54. The topological polar surface area (TPSA) is 75.9 Å². The van der Waals surface area contributed by atoms with Crippen LogP contribution in [0.15, 0.2) is 24.8 Å². The highest BCUT2D eigenvalue weighted by Gasteiger charge is 2.48. The highest BCUT2D eigenvalue weighted by atomic mass is 16.2. The van der Waals surface area contributed by atoms with Crippen LogP contribution in [0.2, 0.25) is 0 Å². The summed E-state index contributed by atoms with van der Waals surface area (Å²) in [4.78, 5) is 22.7. The van der Waals surface area contributed by atoms with Crippen LogP contribution in [0.3, 0.4) is 0 Å². The van der Waals surface area contributed by atoms with Gasteiger partial charge in [-0.05, 0) is 38.1 Å². The third kappa shape index (κ3) is 3.28. The number of carbonyl (C=O) groups excluding carboxylic acids is 1. The van der Waals surface area contributed by atoms with Crippen LogP contribution in [0.4, 0.5) is 0 Å². The third-order valence-corrected chi connectivity index (χ3v) is 5.52. The van der Waals surface area contributed by atoms with Crippen LogP contribution in [0.25, 0.3) is 0 Å². The van der Waals surface area contributed by atoms with E-state index in [0.717, 1.165) is 38.2 Å². The summed E-state index contributed by atoms with van der Waals surface area (Å²) in [5.74, 6) is -0.117. The summed E-state index contributed by atoms with van der Waals surface area (Å²) in [6.07, 6.45) is 10.1. The molecule has 1 aliphatic heterocycles. The van der Waals surface area contributed by atoms with E-state index in [1.54, 1.807) is 12.4 Å². The minimum absolute atomic E-state index is 0.117. The Kier molecular flexibility index (Phi) is 4.03. The molecule has 0 atom stereocenters. The van der Waals surface area contributed by atoms with Gasteiger partial charge in [0.2, 0.25) is 0 Å². The standard InChI is InChI=1S/C18H24N6O/c1-13-14(10-23(2)22-13)11-24-6-3-18(12-24)7-15(8-18)21-17(25)16-9-19-4-5-20-16/h4-5,9-10,15H,3,6-8,11-12H2,1-2H3,(H,21,25). The maximum Gasteiger partial charge on any atom is 0.271 e. The van der Waals surface area contributed by atoms with E-state index in [9.17, 15) is 4.79 Å². The van der Waals surface area contributed by atoms with Gasteiger partial charge in [0.15, 0.2) is 0 Å². The van der Waals surface area contributed by atoms with Crippen molar-refractivity contribution in [2.24, 2.45) is 12.5 Å². The number of likely N-dealkylation sites (tertiary alicyclic amines) is 1. The van der Waals surface area contributed by atoms with Gasteiger partial charge in [0.1, 0.15) is 5.69 Å². The first kappa shape index (κ1) is 16.2. The fourth-order valence-corrected chi connectivity index (χ4v) is 4.30.